The van der Waals surface area contributed by atoms with E-state index in [2.05, 4.69) is 0 Å². The van der Waals surface area contributed by atoms with E-state index in [-0.39, 0.29) is 33.0 Å². The van der Waals surface area contributed by atoms with Crippen molar-refractivity contribution in [2.75, 3.05) is 6.54 Å². The van der Waals surface area contributed by atoms with Gasteiger partial charge in [0.25, 0.3) is 17.7 Å². The number of amides is 3. The van der Waals surface area contributed by atoms with Gasteiger partial charge in [0.1, 0.15) is 12.4 Å². The Morgan fingerprint density at radius 1 is 0.690 bits per heavy atom. The van der Waals surface area contributed by atoms with Gasteiger partial charge in [-0.25, -0.2) is 9.40 Å². The zero-order valence-corrected chi connectivity index (χ0v) is 23.3. The van der Waals surface area contributed by atoms with Gasteiger partial charge < -0.3 is 0 Å². The average molecular weight is 599 g/mol. The van der Waals surface area contributed by atoms with Crippen LogP contribution in [-0.4, -0.2) is 40.1 Å². The number of imide groups is 1. The molecule has 0 radical (unpaired) electrons. The van der Waals surface area contributed by atoms with E-state index in [9.17, 15) is 23.6 Å². The van der Waals surface area contributed by atoms with Gasteiger partial charge in [0.15, 0.2) is 5.78 Å². The Kier molecular flexibility index (Phi) is 6.26. The van der Waals surface area contributed by atoms with Crippen molar-refractivity contribution in [1.29, 1.82) is 0 Å². The summed E-state index contributed by atoms with van der Waals surface area (Å²) in [6, 6.07) is 24.6. The number of benzene rings is 4. The lowest BCUT2D eigenvalue weighted by atomic mass is 9.55. The summed E-state index contributed by atoms with van der Waals surface area (Å²) in [6.45, 7) is -0.628. The Hall–Kier alpha value is -4.33. The van der Waals surface area contributed by atoms with Crippen LogP contribution in [0.2, 0.25) is 10.0 Å². The summed E-state index contributed by atoms with van der Waals surface area (Å²) in [6.07, 6.45) is 0. The summed E-state index contributed by atoms with van der Waals surface area (Å²) < 4.78 is 13.6. The lowest BCUT2D eigenvalue weighted by molar-refractivity contribution is -0.154. The number of hydrogen-bond acceptors (Lipinski definition) is 4. The van der Waals surface area contributed by atoms with Gasteiger partial charge in [0, 0.05) is 23.0 Å². The fourth-order valence-electron chi connectivity index (χ4n) is 6.77. The van der Waals surface area contributed by atoms with Crippen LogP contribution in [-0.2, 0) is 9.59 Å². The number of nitrogens with zero attached hydrogens (tertiary/aromatic N) is 2. The number of Topliss-reactive ketones (excluding diaryl/α,β-unsaturated/α-hetero) is 1. The average Bonchev–Trinajstić information content (AvgIpc) is 3.27. The molecule has 1 aliphatic heterocycles. The third-order valence-corrected chi connectivity index (χ3v) is 9.27. The Balaban J connectivity index is 1.33. The molecule has 4 aromatic carbocycles. The zero-order valence-electron chi connectivity index (χ0n) is 21.8. The summed E-state index contributed by atoms with van der Waals surface area (Å²) in [5, 5.41) is 2.06. The molecule has 4 aromatic rings. The van der Waals surface area contributed by atoms with Gasteiger partial charge in [-0.2, -0.15) is 5.01 Å². The van der Waals surface area contributed by atoms with Crippen molar-refractivity contribution in [3.8, 4) is 0 Å². The molecule has 1 heterocycles. The van der Waals surface area contributed by atoms with Crippen molar-refractivity contribution in [3.63, 3.8) is 0 Å². The van der Waals surface area contributed by atoms with Crippen molar-refractivity contribution in [2.45, 2.75) is 11.8 Å². The maximum atomic E-state index is 14.3. The van der Waals surface area contributed by atoms with Crippen LogP contribution < -0.4 is 0 Å². The monoisotopic (exact) mass is 598 g/mol. The van der Waals surface area contributed by atoms with Crippen molar-refractivity contribution < 1.29 is 23.6 Å². The molecule has 1 saturated heterocycles. The molecule has 0 unspecified atom stereocenters. The minimum Gasteiger partial charge on any atom is -0.292 e. The lowest BCUT2D eigenvalue weighted by Crippen LogP contribution is -2.52. The quantitative estimate of drug-likeness (QED) is 0.200. The summed E-state index contributed by atoms with van der Waals surface area (Å²) in [5.41, 5.74) is 4.09. The highest BCUT2D eigenvalue weighted by Gasteiger charge is 2.63. The van der Waals surface area contributed by atoms with Crippen LogP contribution in [0.1, 0.15) is 54.8 Å². The number of ketones is 1. The molecule has 8 rings (SSSR count). The van der Waals surface area contributed by atoms with E-state index in [1.165, 1.54) is 30.3 Å². The molecule has 6 nitrogen and oxygen atoms in total. The van der Waals surface area contributed by atoms with Gasteiger partial charge in [-0.05, 0) is 64.7 Å². The van der Waals surface area contributed by atoms with Crippen LogP contribution in [0.4, 0.5) is 4.39 Å². The van der Waals surface area contributed by atoms with Crippen LogP contribution in [0, 0.1) is 17.7 Å². The molecule has 1 fully saturated rings. The number of halogens is 3. The molecule has 2 bridgehead atoms. The maximum absolute atomic E-state index is 14.3. The van der Waals surface area contributed by atoms with Crippen LogP contribution in [0.5, 0.6) is 0 Å². The SMILES string of the molecule is O=C(CN(C(=O)c1ccc(Cl)c(Cl)c1)N1C(=O)[C@@H]2C3c4ccccc4C(c4ccccc43)[C@@H]2C1=O)c1ccc(F)cc1. The van der Waals surface area contributed by atoms with Crippen molar-refractivity contribution in [3.05, 3.63) is 140 Å². The highest BCUT2D eigenvalue weighted by molar-refractivity contribution is 6.42. The minimum atomic E-state index is -0.772. The second-order valence-electron chi connectivity index (χ2n) is 10.7. The third kappa shape index (κ3) is 3.91. The first-order chi connectivity index (χ1) is 20.3. The molecular weight excluding hydrogens is 578 g/mol. The van der Waals surface area contributed by atoms with E-state index in [4.69, 9.17) is 23.2 Å². The topological polar surface area (TPSA) is 74.8 Å². The van der Waals surface area contributed by atoms with Crippen molar-refractivity contribution in [2.24, 2.45) is 11.8 Å². The van der Waals surface area contributed by atoms with E-state index in [1.54, 1.807) is 0 Å². The smallest absolute Gasteiger partial charge is 0.273 e. The van der Waals surface area contributed by atoms with Crippen molar-refractivity contribution >= 4 is 46.7 Å². The Labute approximate surface area is 250 Å². The molecule has 3 aliphatic carbocycles. The van der Waals surface area contributed by atoms with Gasteiger partial charge in [-0.3, -0.25) is 19.2 Å². The van der Waals surface area contributed by atoms with Gasteiger partial charge in [0.2, 0.25) is 0 Å². The summed E-state index contributed by atoms with van der Waals surface area (Å²) in [7, 11) is 0. The van der Waals surface area contributed by atoms with Crippen LogP contribution >= 0.6 is 23.2 Å². The number of carbonyl (C=O) groups excluding carboxylic acids is 4. The highest BCUT2D eigenvalue weighted by Crippen LogP contribution is 2.61. The lowest BCUT2D eigenvalue weighted by Gasteiger charge is -2.45. The van der Waals surface area contributed by atoms with E-state index in [0.29, 0.717) is 0 Å². The zero-order chi connectivity index (χ0) is 29.3. The molecule has 3 amide bonds. The largest absolute Gasteiger partial charge is 0.292 e. The molecule has 4 aliphatic rings. The first-order valence-electron chi connectivity index (χ1n) is 13.4. The van der Waals surface area contributed by atoms with Crippen LogP contribution in [0.25, 0.3) is 0 Å². The molecule has 42 heavy (non-hydrogen) atoms. The minimum absolute atomic E-state index is 0.0429. The molecule has 208 valence electrons. The van der Waals surface area contributed by atoms with Crippen molar-refractivity contribution in [1.82, 2.24) is 10.0 Å². The predicted molar refractivity (Wildman–Crippen MR) is 154 cm³/mol. The van der Waals surface area contributed by atoms with Gasteiger partial charge in [-0.1, -0.05) is 71.7 Å². The van der Waals surface area contributed by atoms with E-state index in [0.717, 1.165) is 44.4 Å². The summed E-state index contributed by atoms with van der Waals surface area (Å²) in [4.78, 5) is 56.0. The molecule has 0 aromatic heterocycles. The molecule has 2 atom stereocenters. The maximum Gasteiger partial charge on any atom is 0.273 e. The Bertz CT molecular complexity index is 1710. The molecule has 9 heteroatoms. The summed E-state index contributed by atoms with van der Waals surface area (Å²) in [5.74, 6) is -5.26. The molecule has 0 saturated carbocycles. The van der Waals surface area contributed by atoms with Gasteiger partial charge in [-0.15, -0.1) is 0 Å². The predicted octanol–water partition coefficient (Wildman–Crippen LogP) is 6.26. The third-order valence-electron chi connectivity index (χ3n) is 8.53. The first-order valence-corrected chi connectivity index (χ1v) is 14.1. The normalized spacial score (nSPS) is 21.5. The van der Waals surface area contributed by atoms with Gasteiger partial charge in [0.05, 0.1) is 21.9 Å². The van der Waals surface area contributed by atoms with E-state index >= 15 is 0 Å². The summed E-state index contributed by atoms with van der Waals surface area (Å²) >= 11 is 12.3. The second kappa shape index (κ2) is 9.89. The highest BCUT2D eigenvalue weighted by atomic mass is 35.5. The Morgan fingerprint density at radius 3 is 1.64 bits per heavy atom. The van der Waals surface area contributed by atoms with Crippen LogP contribution in [0.15, 0.2) is 91.0 Å². The Morgan fingerprint density at radius 2 is 1.17 bits per heavy atom. The fraction of sp³-hybridized carbons (Fsp3) is 0.152. The molecular formula is C33H21Cl2FN2O4. The molecule has 0 spiro atoms. The fourth-order valence-corrected chi connectivity index (χ4v) is 7.07. The van der Waals surface area contributed by atoms with Gasteiger partial charge >= 0.3 is 0 Å². The van der Waals surface area contributed by atoms with E-state index < -0.39 is 47.7 Å². The molecule has 0 N–H and O–H groups in total. The van der Waals surface area contributed by atoms with Crippen LogP contribution in [0.3, 0.4) is 0 Å². The number of carbonyl (C=O) groups is 4. The van der Waals surface area contributed by atoms with E-state index in [1.807, 2.05) is 48.5 Å². The number of rotatable bonds is 5. The second-order valence-corrected chi connectivity index (χ2v) is 11.5. The number of hydrazine groups is 1. The standard InChI is InChI=1S/C33H21Cl2FN2O4/c34-24-14-11-18(15-25(24)35)31(40)37(16-26(39)17-9-12-19(36)13-10-17)38-32(41)29-27-20-5-1-2-6-21(20)28(30(29)33(38)42)23-8-4-3-7-22(23)27/h1-15,27-30H,16H2/t27?,28?,29-,30+. The number of hydrogen-bond donors (Lipinski definition) is 0. The first kappa shape index (κ1) is 26.6.